The zero-order valence-electron chi connectivity index (χ0n) is 8.91. The van der Waals surface area contributed by atoms with Crippen LogP contribution in [0.15, 0.2) is 6.33 Å². The number of primary amides is 1. The number of hydrogen-bond acceptors (Lipinski definition) is 3. The SMILES string of the molecule is CC(N)(CCCn1cnc(I)c1I)C(N)=O. The third kappa shape index (κ3) is 3.55. The second kappa shape index (κ2) is 5.63. The number of hydrogen-bond donors (Lipinski definition) is 2. The van der Waals surface area contributed by atoms with Gasteiger partial charge >= 0.3 is 0 Å². The van der Waals surface area contributed by atoms with E-state index < -0.39 is 11.4 Å². The zero-order chi connectivity index (χ0) is 12.3. The fraction of sp³-hybridized carbons (Fsp3) is 0.556. The van der Waals surface area contributed by atoms with Crippen molar-refractivity contribution >= 4 is 51.1 Å². The number of nitrogens with zero attached hydrogens (tertiary/aromatic N) is 2. The van der Waals surface area contributed by atoms with Gasteiger partial charge in [0, 0.05) is 6.54 Å². The first-order chi connectivity index (χ1) is 7.34. The highest BCUT2D eigenvalue weighted by Crippen LogP contribution is 2.15. The van der Waals surface area contributed by atoms with E-state index in [9.17, 15) is 4.79 Å². The molecule has 0 bridgehead atoms. The second-order valence-electron chi connectivity index (χ2n) is 3.90. The van der Waals surface area contributed by atoms with Crippen LogP contribution in [0.5, 0.6) is 0 Å². The predicted octanol–water partition coefficient (Wildman–Crippen LogP) is 1.08. The third-order valence-electron chi connectivity index (χ3n) is 2.39. The summed E-state index contributed by atoms with van der Waals surface area (Å²) >= 11 is 4.43. The molecule has 1 heterocycles. The molecular formula is C9H14I2N4O. The maximum Gasteiger partial charge on any atom is 0.237 e. The molecule has 1 atom stereocenters. The minimum Gasteiger partial charge on any atom is -0.368 e. The molecule has 0 saturated carbocycles. The molecule has 1 aromatic heterocycles. The van der Waals surface area contributed by atoms with E-state index in [2.05, 4.69) is 50.2 Å². The van der Waals surface area contributed by atoms with E-state index in [0.717, 1.165) is 20.4 Å². The van der Waals surface area contributed by atoms with E-state index in [0.29, 0.717) is 6.42 Å². The Labute approximate surface area is 122 Å². The predicted molar refractivity (Wildman–Crippen MR) is 78.7 cm³/mol. The number of aromatic nitrogens is 2. The Bertz CT molecular complexity index is 389. The van der Waals surface area contributed by atoms with Crippen LogP contribution in [0.2, 0.25) is 0 Å². The molecule has 7 heteroatoms. The topological polar surface area (TPSA) is 86.9 Å². The van der Waals surface area contributed by atoms with E-state index in [1.54, 1.807) is 13.3 Å². The van der Waals surface area contributed by atoms with Crippen molar-refractivity contribution in [2.24, 2.45) is 11.5 Å². The molecule has 90 valence electrons. The van der Waals surface area contributed by atoms with Gasteiger partial charge < -0.3 is 16.0 Å². The summed E-state index contributed by atoms with van der Waals surface area (Å²) in [6, 6.07) is 0. The molecule has 0 saturated heterocycles. The second-order valence-corrected chi connectivity index (χ2v) is 5.95. The smallest absolute Gasteiger partial charge is 0.237 e. The van der Waals surface area contributed by atoms with Crippen LogP contribution in [0.1, 0.15) is 19.8 Å². The molecule has 0 radical (unpaired) electrons. The van der Waals surface area contributed by atoms with Crippen LogP contribution in [0.25, 0.3) is 0 Å². The molecule has 0 aliphatic rings. The van der Waals surface area contributed by atoms with Crippen molar-refractivity contribution < 1.29 is 4.79 Å². The normalized spacial score (nSPS) is 14.8. The van der Waals surface area contributed by atoms with Crippen LogP contribution in [-0.4, -0.2) is 21.0 Å². The quantitative estimate of drug-likeness (QED) is 0.662. The molecule has 0 aliphatic carbocycles. The number of aryl methyl sites for hydroxylation is 1. The molecule has 1 aromatic rings. The Morgan fingerprint density at radius 1 is 1.62 bits per heavy atom. The van der Waals surface area contributed by atoms with Gasteiger partial charge in [-0.1, -0.05) is 0 Å². The minimum absolute atomic E-state index is 0.456. The molecule has 16 heavy (non-hydrogen) atoms. The monoisotopic (exact) mass is 448 g/mol. The van der Waals surface area contributed by atoms with Crippen molar-refractivity contribution in [3.8, 4) is 0 Å². The Hall–Kier alpha value is 0.1000. The maximum absolute atomic E-state index is 11.0. The maximum atomic E-state index is 11.0. The number of imidazole rings is 1. The average Bonchev–Trinajstić information content (AvgIpc) is 2.49. The van der Waals surface area contributed by atoms with Crippen LogP contribution >= 0.6 is 45.2 Å². The molecule has 0 aliphatic heterocycles. The Kier molecular flexibility index (Phi) is 4.98. The van der Waals surface area contributed by atoms with Gasteiger partial charge in [0.15, 0.2) is 0 Å². The molecule has 4 N–H and O–H groups in total. The lowest BCUT2D eigenvalue weighted by atomic mass is 9.96. The largest absolute Gasteiger partial charge is 0.368 e. The first-order valence-electron chi connectivity index (χ1n) is 4.79. The summed E-state index contributed by atoms with van der Waals surface area (Å²) in [6.45, 7) is 2.46. The third-order valence-corrected chi connectivity index (χ3v) is 5.34. The highest BCUT2D eigenvalue weighted by Gasteiger charge is 2.24. The number of carbonyl (C=O) groups is 1. The highest BCUT2D eigenvalue weighted by molar-refractivity contribution is 14.1. The average molecular weight is 448 g/mol. The summed E-state index contributed by atoms with van der Waals surface area (Å²) in [5.74, 6) is -0.456. The van der Waals surface area contributed by atoms with Crippen LogP contribution in [0, 0.1) is 7.40 Å². The number of amides is 1. The first kappa shape index (κ1) is 14.2. The van der Waals surface area contributed by atoms with Gasteiger partial charge in [-0.3, -0.25) is 4.79 Å². The molecule has 1 amide bonds. The van der Waals surface area contributed by atoms with Crippen LogP contribution in [0.3, 0.4) is 0 Å². The summed E-state index contributed by atoms with van der Waals surface area (Å²) in [5, 5.41) is 0. The summed E-state index contributed by atoms with van der Waals surface area (Å²) in [5.41, 5.74) is 10.0. The van der Waals surface area contributed by atoms with Crippen molar-refractivity contribution in [1.82, 2.24) is 9.55 Å². The number of carbonyl (C=O) groups excluding carboxylic acids is 1. The number of rotatable bonds is 5. The standard InChI is InChI=1S/C9H14I2N4O/c1-9(13,8(12)16)3-2-4-15-5-14-6(10)7(15)11/h5H,2-4,13H2,1H3,(H2,12,16). The van der Waals surface area contributed by atoms with Crippen molar-refractivity contribution in [3.63, 3.8) is 0 Å². The zero-order valence-corrected chi connectivity index (χ0v) is 13.2. The minimum atomic E-state index is -0.917. The van der Waals surface area contributed by atoms with Crippen molar-refractivity contribution in [3.05, 3.63) is 13.7 Å². The van der Waals surface area contributed by atoms with Crippen molar-refractivity contribution in [2.75, 3.05) is 0 Å². The first-order valence-corrected chi connectivity index (χ1v) is 6.95. The summed E-state index contributed by atoms with van der Waals surface area (Å²) < 4.78 is 4.14. The lowest BCUT2D eigenvalue weighted by Gasteiger charge is -2.20. The van der Waals surface area contributed by atoms with Gasteiger partial charge in [0.05, 0.1) is 11.9 Å². The van der Waals surface area contributed by atoms with E-state index in [4.69, 9.17) is 11.5 Å². The Morgan fingerprint density at radius 3 is 2.69 bits per heavy atom. The van der Waals surface area contributed by atoms with Gasteiger partial charge in [-0.15, -0.1) is 0 Å². The van der Waals surface area contributed by atoms with E-state index in [1.807, 2.05) is 4.57 Å². The fourth-order valence-electron chi connectivity index (χ4n) is 1.24. The van der Waals surface area contributed by atoms with Gasteiger partial charge in [-0.2, -0.15) is 0 Å². The molecule has 0 fully saturated rings. The molecule has 1 rings (SSSR count). The van der Waals surface area contributed by atoms with Crippen LogP contribution in [-0.2, 0) is 11.3 Å². The fourth-order valence-corrected chi connectivity index (χ4v) is 2.18. The lowest BCUT2D eigenvalue weighted by molar-refractivity contribution is -0.122. The van der Waals surface area contributed by atoms with Crippen molar-refractivity contribution in [2.45, 2.75) is 31.8 Å². The van der Waals surface area contributed by atoms with Crippen molar-refractivity contribution in [1.29, 1.82) is 0 Å². The molecule has 5 nitrogen and oxygen atoms in total. The van der Waals surface area contributed by atoms with Gasteiger partial charge in [0.25, 0.3) is 0 Å². The number of nitrogens with two attached hydrogens (primary N) is 2. The molecule has 0 spiro atoms. The lowest BCUT2D eigenvalue weighted by Crippen LogP contribution is -2.49. The highest BCUT2D eigenvalue weighted by atomic mass is 127. The van der Waals surface area contributed by atoms with Gasteiger partial charge in [0.1, 0.15) is 7.40 Å². The van der Waals surface area contributed by atoms with Gasteiger partial charge in [0.2, 0.25) is 5.91 Å². The van der Waals surface area contributed by atoms with Crippen LogP contribution in [0.4, 0.5) is 0 Å². The Balaban J connectivity index is 2.48. The summed E-state index contributed by atoms with van der Waals surface area (Å²) in [4.78, 5) is 15.2. The van der Waals surface area contributed by atoms with Gasteiger partial charge in [-0.05, 0) is 64.9 Å². The molecular weight excluding hydrogens is 434 g/mol. The molecule has 0 aromatic carbocycles. The molecule has 1 unspecified atom stereocenters. The van der Waals surface area contributed by atoms with E-state index >= 15 is 0 Å². The van der Waals surface area contributed by atoms with E-state index in [1.165, 1.54) is 0 Å². The Morgan fingerprint density at radius 2 is 2.25 bits per heavy atom. The summed E-state index contributed by atoms with van der Waals surface area (Å²) in [7, 11) is 0. The van der Waals surface area contributed by atoms with Gasteiger partial charge in [-0.25, -0.2) is 4.98 Å². The van der Waals surface area contributed by atoms with Crippen LogP contribution < -0.4 is 11.5 Å². The summed E-state index contributed by atoms with van der Waals surface area (Å²) in [6.07, 6.45) is 3.17. The van der Waals surface area contributed by atoms with E-state index in [-0.39, 0.29) is 0 Å². The number of halogens is 2.